The van der Waals surface area contributed by atoms with Gasteiger partial charge in [-0.3, -0.25) is 14.9 Å². The molecule has 0 bridgehead atoms. The molecule has 1 aromatic carbocycles. The van der Waals surface area contributed by atoms with Crippen molar-refractivity contribution in [1.82, 2.24) is 10.0 Å². The molecule has 0 saturated carbocycles. The molecule has 1 aliphatic rings. The molecule has 0 spiro atoms. The van der Waals surface area contributed by atoms with Crippen molar-refractivity contribution in [3.63, 3.8) is 0 Å². The van der Waals surface area contributed by atoms with E-state index in [1.165, 1.54) is 12.1 Å². The zero-order valence-electron chi connectivity index (χ0n) is 13.1. The number of carbonyl (C=O) groups excluding carboxylic acids is 1. The summed E-state index contributed by atoms with van der Waals surface area (Å²) < 4.78 is 32.2. The summed E-state index contributed by atoms with van der Waals surface area (Å²) in [6.45, 7) is 3.11. The highest BCUT2D eigenvalue weighted by atomic mass is 32.2. The third kappa shape index (κ3) is 4.28. The molecular formula is C14H19N3O6S. The molecular weight excluding hydrogens is 338 g/mol. The van der Waals surface area contributed by atoms with E-state index < -0.39 is 37.5 Å². The third-order valence-corrected chi connectivity index (χ3v) is 5.17. The van der Waals surface area contributed by atoms with Crippen LogP contribution in [0.3, 0.4) is 0 Å². The van der Waals surface area contributed by atoms with Crippen molar-refractivity contribution in [2.24, 2.45) is 5.92 Å². The second kappa shape index (κ2) is 7.69. The number of ether oxygens (including phenoxy) is 1. The highest BCUT2D eigenvalue weighted by Gasteiger charge is 2.34. The molecule has 1 aliphatic heterocycles. The Hall–Kier alpha value is -2.04. The Morgan fingerprint density at radius 2 is 2.12 bits per heavy atom. The maximum Gasteiger partial charge on any atom is 0.324 e. The fourth-order valence-corrected chi connectivity index (χ4v) is 3.74. The number of sulfonamides is 1. The van der Waals surface area contributed by atoms with Gasteiger partial charge in [0.05, 0.1) is 11.5 Å². The highest BCUT2D eigenvalue weighted by Crippen LogP contribution is 2.24. The standard InChI is InChI=1S/C14H19N3O6S/c1-2-23-14(18)11(7-10-8-15-9-10)16-24(21,22)13-6-4-3-5-12(13)17(19)20/h3-6,10-11,15-16H,2,7-9H2,1H3. The summed E-state index contributed by atoms with van der Waals surface area (Å²) in [7, 11) is -4.24. The van der Waals surface area contributed by atoms with Gasteiger partial charge in [0, 0.05) is 6.07 Å². The van der Waals surface area contributed by atoms with Gasteiger partial charge < -0.3 is 10.1 Å². The quantitative estimate of drug-likeness (QED) is 0.392. The lowest BCUT2D eigenvalue weighted by Gasteiger charge is -2.30. The lowest BCUT2D eigenvalue weighted by atomic mass is 9.95. The molecule has 1 saturated heterocycles. The molecule has 1 unspecified atom stereocenters. The zero-order valence-corrected chi connectivity index (χ0v) is 13.9. The molecule has 9 nitrogen and oxygen atoms in total. The van der Waals surface area contributed by atoms with E-state index >= 15 is 0 Å². The van der Waals surface area contributed by atoms with Crippen LogP contribution in [-0.2, 0) is 19.6 Å². The van der Waals surface area contributed by atoms with Crippen LogP contribution in [0.5, 0.6) is 0 Å². The average molecular weight is 357 g/mol. The first kappa shape index (κ1) is 18.3. The Morgan fingerprint density at radius 3 is 2.67 bits per heavy atom. The zero-order chi connectivity index (χ0) is 17.7. The summed E-state index contributed by atoms with van der Waals surface area (Å²) in [4.78, 5) is 21.8. The lowest BCUT2D eigenvalue weighted by molar-refractivity contribution is -0.387. The molecule has 24 heavy (non-hydrogen) atoms. The van der Waals surface area contributed by atoms with Gasteiger partial charge in [-0.15, -0.1) is 0 Å². The topological polar surface area (TPSA) is 128 Å². The second-order valence-corrected chi connectivity index (χ2v) is 7.09. The molecule has 0 amide bonds. The predicted molar refractivity (Wildman–Crippen MR) is 84.8 cm³/mol. The molecule has 2 N–H and O–H groups in total. The maximum absolute atomic E-state index is 12.5. The number of rotatable bonds is 8. The number of benzene rings is 1. The van der Waals surface area contributed by atoms with Crippen molar-refractivity contribution < 1.29 is 22.9 Å². The van der Waals surface area contributed by atoms with Gasteiger partial charge in [-0.2, -0.15) is 4.72 Å². The summed E-state index contributed by atoms with van der Waals surface area (Å²) >= 11 is 0. The fourth-order valence-electron chi connectivity index (χ4n) is 2.37. The van der Waals surface area contributed by atoms with Gasteiger partial charge in [-0.05, 0) is 38.4 Å². The van der Waals surface area contributed by atoms with Gasteiger partial charge in [0.25, 0.3) is 5.69 Å². The van der Waals surface area contributed by atoms with Crippen LogP contribution in [0.1, 0.15) is 13.3 Å². The minimum atomic E-state index is -4.24. The summed E-state index contributed by atoms with van der Waals surface area (Å²) in [6, 6.07) is 3.91. The monoisotopic (exact) mass is 357 g/mol. The van der Waals surface area contributed by atoms with E-state index in [1.807, 2.05) is 0 Å². The number of nitro groups is 1. The van der Waals surface area contributed by atoms with Crippen molar-refractivity contribution >= 4 is 21.7 Å². The van der Waals surface area contributed by atoms with Crippen LogP contribution in [0.15, 0.2) is 29.2 Å². The number of hydrogen-bond acceptors (Lipinski definition) is 7. The Balaban J connectivity index is 2.26. The number of para-hydroxylation sites is 1. The number of nitrogens with zero attached hydrogens (tertiary/aromatic N) is 1. The second-order valence-electron chi connectivity index (χ2n) is 5.41. The van der Waals surface area contributed by atoms with E-state index in [9.17, 15) is 23.3 Å². The Kier molecular flexibility index (Phi) is 5.86. The molecule has 1 fully saturated rings. The van der Waals surface area contributed by atoms with Crippen LogP contribution in [0.2, 0.25) is 0 Å². The van der Waals surface area contributed by atoms with Crippen LogP contribution in [0, 0.1) is 16.0 Å². The molecule has 0 aliphatic carbocycles. The average Bonchev–Trinajstić information content (AvgIpc) is 2.49. The van der Waals surface area contributed by atoms with Crippen molar-refractivity contribution in [3.05, 3.63) is 34.4 Å². The number of carbonyl (C=O) groups is 1. The largest absolute Gasteiger partial charge is 0.465 e. The molecule has 1 aromatic rings. The first-order chi connectivity index (χ1) is 11.3. The molecule has 0 radical (unpaired) electrons. The van der Waals surface area contributed by atoms with Gasteiger partial charge in [0.1, 0.15) is 6.04 Å². The molecule has 2 rings (SSSR count). The van der Waals surface area contributed by atoms with Crippen molar-refractivity contribution in [2.45, 2.75) is 24.3 Å². The maximum atomic E-state index is 12.5. The van der Waals surface area contributed by atoms with Crippen molar-refractivity contribution in [1.29, 1.82) is 0 Å². The number of hydrogen-bond donors (Lipinski definition) is 2. The van der Waals surface area contributed by atoms with Crippen molar-refractivity contribution in [2.75, 3.05) is 19.7 Å². The van der Waals surface area contributed by atoms with E-state index in [0.29, 0.717) is 13.1 Å². The lowest BCUT2D eigenvalue weighted by Crippen LogP contribution is -2.49. The van der Waals surface area contributed by atoms with Gasteiger partial charge in [-0.25, -0.2) is 8.42 Å². The summed E-state index contributed by atoms with van der Waals surface area (Å²) in [5.74, 6) is -0.542. The Bertz CT molecular complexity index is 717. The van der Waals surface area contributed by atoms with Crippen LogP contribution in [-0.4, -0.2) is 45.0 Å². The summed E-state index contributed by atoms with van der Waals surface area (Å²) in [6.07, 6.45) is 0.270. The molecule has 10 heteroatoms. The van der Waals surface area contributed by atoms with E-state index in [-0.39, 0.29) is 18.9 Å². The molecule has 0 aromatic heterocycles. The van der Waals surface area contributed by atoms with Crippen LogP contribution >= 0.6 is 0 Å². The SMILES string of the molecule is CCOC(=O)C(CC1CNC1)NS(=O)(=O)c1ccccc1[N+](=O)[O-]. The van der Waals surface area contributed by atoms with Gasteiger partial charge in [0.15, 0.2) is 4.90 Å². The molecule has 1 atom stereocenters. The van der Waals surface area contributed by atoms with E-state index in [2.05, 4.69) is 10.0 Å². The van der Waals surface area contributed by atoms with E-state index in [0.717, 1.165) is 12.1 Å². The molecule has 1 heterocycles. The Labute approximate surface area is 139 Å². The number of esters is 1. The highest BCUT2D eigenvalue weighted by molar-refractivity contribution is 7.89. The fraction of sp³-hybridized carbons (Fsp3) is 0.500. The van der Waals surface area contributed by atoms with Crippen LogP contribution < -0.4 is 10.0 Å². The third-order valence-electron chi connectivity index (χ3n) is 3.66. The van der Waals surface area contributed by atoms with Crippen LogP contribution in [0.4, 0.5) is 5.69 Å². The van der Waals surface area contributed by atoms with E-state index in [4.69, 9.17) is 4.74 Å². The first-order valence-corrected chi connectivity index (χ1v) is 8.96. The van der Waals surface area contributed by atoms with Gasteiger partial charge in [0.2, 0.25) is 10.0 Å². The normalized spacial score (nSPS) is 16.2. The predicted octanol–water partition coefficient (Wildman–Crippen LogP) is 0.414. The Morgan fingerprint density at radius 1 is 1.46 bits per heavy atom. The number of nitrogens with one attached hydrogen (secondary N) is 2. The first-order valence-electron chi connectivity index (χ1n) is 7.48. The van der Waals surface area contributed by atoms with Gasteiger partial charge in [-0.1, -0.05) is 12.1 Å². The van der Waals surface area contributed by atoms with E-state index in [1.54, 1.807) is 6.92 Å². The van der Waals surface area contributed by atoms with Crippen LogP contribution in [0.25, 0.3) is 0 Å². The number of nitro benzene ring substituents is 1. The molecule has 132 valence electrons. The van der Waals surface area contributed by atoms with Crippen molar-refractivity contribution in [3.8, 4) is 0 Å². The minimum absolute atomic E-state index is 0.117. The minimum Gasteiger partial charge on any atom is -0.465 e. The smallest absolute Gasteiger partial charge is 0.324 e. The summed E-state index contributed by atoms with van der Waals surface area (Å²) in [5, 5.41) is 14.1. The van der Waals surface area contributed by atoms with Gasteiger partial charge >= 0.3 is 5.97 Å². The summed E-state index contributed by atoms with van der Waals surface area (Å²) in [5.41, 5.74) is -0.544.